The number of anilines is 1. The molecule has 0 bridgehead atoms. The number of nitrogens with zero attached hydrogens (tertiary/aromatic N) is 6. The summed E-state index contributed by atoms with van der Waals surface area (Å²) in [5.41, 5.74) is 2.35. The van der Waals surface area contributed by atoms with Crippen molar-refractivity contribution in [3.63, 3.8) is 0 Å². The molecule has 0 saturated heterocycles. The summed E-state index contributed by atoms with van der Waals surface area (Å²) in [6.07, 6.45) is 6.77. The zero-order valence-electron chi connectivity index (χ0n) is 22.3. The van der Waals surface area contributed by atoms with Crippen molar-refractivity contribution in [2.75, 3.05) is 11.9 Å². The fourth-order valence-corrected chi connectivity index (χ4v) is 5.19. The molecule has 4 aromatic rings. The number of ether oxygens (including phenoxy) is 2. The van der Waals surface area contributed by atoms with Crippen LogP contribution in [0.4, 0.5) is 14.5 Å². The van der Waals surface area contributed by atoms with Gasteiger partial charge in [0.25, 0.3) is 5.91 Å². The SMILES string of the molecule is C[Si](C)(C)CCOCn1ncc(NC(=O)c2cnn3cccnc23)c1-c1cc(C2CC2C#N)ccc1OC(F)F. The lowest BCUT2D eigenvalue weighted by Crippen LogP contribution is -2.22. The van der Waals surface area contributed by atoms with Gasteiger partial charge in [0.2, 0.25) is 0 Å². The van der Waals surface area contributed by atoms with Gasteiger partial charge in [0, 0.05) is 38.6 Å². The first-order valence-electron chi connectivity index (χ1n) is 12.9. The maximum atomic E-state index is 13.4. The number of fused-ring (bicyclic) bond motifs is 1. The van der Waals surface area contributed by atoms with E-state index in [1.54, 1.807) is 30.6 Å². The van der Waals surface area contributed by atoms with Crippen LogP contribution in [0.1, 0.15) is 28.3 Å². The Morgan fingerprint density at radius 2 is 2.10 bits per heavy atom. The largest absolute Gasteiger partial charge is 0.434 e. The lowest BCUT2D eigenvalue weighted by molar-refractivity contribution is -0.0495. The number of halogens is 2. The highest BCUT2D eigenvalue weighted by Crippen LogP contribution is 2.49. The Hall–Kier alpha value is -4.15. The average molecular weight is 566 g/mol. The van der Waals surface area contributed by atoms with E-state index < -0.39 is 20.6 Å². The predicted octanol–water partition coefficient (Wildman–Crippen LogP) is 5.39. The molecule has 1 aromatic carbocycles. The van der Waals surface area contributed by atoms with E-state index in [9.17, 15) is 18.8 Å². The Labute approximate surface area is 230 Å². The first kappa shape index (κ1) is 27.4. The second-order valence-corrected chi connectivity index (χ2v) is 16.5. The Morgan fingerprint density at radius 3 is 2.83 bits per heavy atom. The highest BCUT2D eigenvalue weighted by Gasteiger charge is 2.39. The van der Waals surface area contributed by atoms with Crippen LogP contribution in [0.15, 0.2) is 49.1 Å². The summed E-state index contributed by atoms with van der Waals surface area (Å²) in [7, 11) is -1.35. The Bertz CT molecular complexity index is 1570. The molecule has 0 spiro atoms. The van der Waals surface area contributed by atoms with Crippen molar-refractivity contribution >= 4 is 25.3 Å². The van der Waals surface area contributed by atoms with Gasteiger partial charge in [-0.2, -0.15) is 24.2 Å². The number of benzene rings is 1. The topological polar surface area (TPSA) is 119 Å². The van der Waals surface area contributed by atoms with Crippen molar-refractivity contribution in [1.29, 1.82) is 5.26 Å². The molecule has 5 rings (SSSR count). The molecule has 0 aliphatic heterocycles. The molecule has 2 atom stereocenters. The fourth-order valence-electron chi connectivity index (χ4n) is 4.43. The summed E-state index contributed by atoms with van der Waals surface area (Å²) in [5, 5.41) is 20.8. The average Bonchev–Trinajstić information content (AvgIpc) is 3.41. The van der Waals surface area contributed by atoms with Crippen LogP contribution in [0, 0.1) is 17.2 Å². The first-order valence-corrected chi connectivity index (χ1v) is 16.6. The minimum atomic E-state index is -3.07. The third-order valence-electron chi connectivity index (χ3n) is 6.68. The van der Waals surface area contributed by atoms with Crippen molar-refractivity contribution in [3.8, 4) is 23.1 Å². The van der Waals surface area contributed by atoms with Crippen LogP contribution < -0.4 is 10.1 Å². The lowest BCUT2D eigenvalue weighted by atomic mass is 10.0. The van der Waals surface area contributed by atoms with Gasteiger partial charge in [-0.05, 0) is 36.2 Å². The van der Waals surface area contributed by atoms with Crippen LogP contribution in [0.3, 0.4) is 0 Å². The molecule has 3 aromatic heterocycles. The normalized spacial score (nSPS) is 16.7. The zero-order valence-corrected chi connectivity index (χ0v) is 23.3. The number of rotatable bonds is 11. The van der Waals surface area contributed by atoms with Gasteiger partial charge in [-0.15, -0.1) is 0 Å². The first-order chi connectivity index (χ1) is 19.1. The Morgan fingerprint density at radius 1 is 1.27 bits per heavy atom. The molecule has 1 aliphatic carbocycles. The number of amides is 1. The third kappa shape index (κ3) is 6.03. The minimum Gasteiger partial charge on any atom is -0.434 e. The van der Waals surface area contributed by atoms with Crippen molar-refractivity contribution in [3.05, 3.63) is 60.2 Å². The van der Waals surface area contributed by atoms with Gasteiger partial charge < -0.3 is 14.8 Å². The van der Waals surface area contributed by atoms with Crippen LogP contribution in [0.25, 0.3) is 16.9 Å². The van der Waals surface area contributed by atoms with Crippen molar-refractivity contribution in [2.24, 2.45) is 5.92 Å². The van der Waals surface area contributed by atoms with Crippen molar-refractivity contribution in [2.45, 2.75) is 51.4 Å². The molecule has 1 saturated carbocycles. The summed E-state index contributed by atoms with van der Waals surface area (Å²) < 4.78 is 40.7. The molecule has 0 radical (unpaired) electrons. The molecular weight excluding hydrogens is 536 g/mol. The predicted molar refractivity (Wildman–Crippen MR) is 146 cm³/mol. The maximum absolute atomic E-state index is 13.4. The van der Waals surface area contributed by atoms with Gasteiger partial charge in [-0.3, -0.25) is 4.79 Å². The van der Waals surface area contributed by atoms with E-state index >= 15 is 0 Å². The lowest BCUT2D eigenvalue weighted by Gasteiger charge is -2.18. The quantitative estimate of drug-likeness (QED) is 0.191. The van der Waals surface area contributed by atoms with Crippen LogP contribution in [-0.4, -0.2) is 51.6 Å². The summed E-state index contributed by atoms with van der Waals surface area (Å²) in [6.45, 7) is 4.21. The summed E-state index contributed by atoms with van der Waals surface area (Å²) in [6, 6.07) is 9.77. The van der Waals surface area contributed by atoms with Crippen LogP contribution in [0.5, 0.6) is 5.75 Å². The number of nitriles is 1. The molecule has 3 heterocycles. The summed E-state index contributed by atoms with van der Waals surface area (Å²) >= 11 is 0. The molecule has 1 fully saturated rings. The molecule has 2 unspecified atom stereocenters. The van der Waals surface area contributed by atoms with E-state index in [1.165, 1.54) is 27.7 Å². The zero-order chi connectivity index (χ0) is 28.4. The number of carbonyl (C=O) groups is 1. The fraction of sp³-hybridized carbons (Fsp3) is 0.370. The van der Waals surface area contributed by atoms with E-state index in [0.29, 0.717) is 29.9 Å². The molecule has 10 nitrogen and oxygen atoms in total. The van der Waals surface area contributed by atoms with Crippen LogP contribution in [0.2, 0.25) is 25.7 Å². The van der Waals surface area contributed by atoms with Crippen molar-refractivity contribution in [1.82, 2.24) is 24.4 Å². The van der Waals surface area contributed by atoms with E-state index in [-0.39, 0.29) is 35.6 Å². The molecule has 40 heavy (non-hydrogen) atoms. The second-order valence-electron chi connectivity index (χ2n) is 10.9. The van der Waals surface area contributed by atoms with Gasteiger partial charge in [0.05, 0.1) is 35.8 Å². The van der Waals surface area contributed by atoms with Gasteiger partial charge in [0.15, 0.2) is 5.65 Å². The smallest absolute Gasteiger partial charge is 0.387 e. The second kappa shape index (κ2) is 11.1. The third-order valence-corrected chi connectivity index (χ3v) is 8.38. The van der Waals surface area contributed by atoms with Gasteiger partial charge in [0.1, 0.15) is 18.0 Å². The molecule has 1 amide bonds. The van der Waals surface area contributed by atoms with E-state index in [0.717, 1.165) is 11.6 Å². The molecule has 1 aliphatic rings. The van der Waals surface area contributed by atoms with E-state index in [4.69, 9.17) is 9.47 Å². The number of hydrogen-bond acceptors (Lipinski definition) is 7. The number of carbonyl (C=O) groups excluding carboxylic acids is 1. The van der Waals surface area contributed by atoms with E-state index in [2.05, 4.69) is 46.2 Å². The van der Waals surface area contributed by atoms with Gasteiger partial charge >= 0.3 is 6.61 Å². The minimum absolute atomic E-state index is 0.00314. The molecule has 208 valence electrons. The Kier molecular flexibility index (Phi) is 7.64. The monoisotopic (exact) mass is 565 g/mol. The molecule has 1 N–H and O–H groups in total. The number of nitrogens with one attached hydrogen (secondary N) is 1. The van der Waals surface area contributed by atoms with E-state index in [1.807, 2.05) is 0 Å². The summed E-state index contributed by atoms with van der Waals surface area (Å²) in [4.78, 5) is 17.6. The number of alkyl halides is 2. The summed E-state index contributed by atoms with van der Waals surface area (Å²) in [5.74, 6) is -0.707. The highest BCUT2D eigenvalue weighted by molar-refractivity contribution is 6.76. The van der Waals surface area contributed by atoms with Crippen molar-refractivity contribution < 1.29 is 23.0 Å². The number of hydrogen-bond donors (Lipinski definition) is 1. The molecular formula is C27H29F2N7O3Si. The van der Waals surface area contributed by atoms with Gasteiger partial charge in [-0.1, -0.05) is 25.7 Å². The molecule has 13 heteroatoms. The van der Waals surface area contributed by atoms with Crippen LogP contribution in [-0.2, 0) is 11.5 Å². The number of aromatic nitrogens is 5. The van der Waals surface area contributed by atoms with Crippen LogP contribution >= 0.6 is 0 Å². The van der Waals surface area contributed by atoms with Gasteiger partial charge in [-0.25, -0.2) is 14.2 Å². The Balaban J connectivity index is 1.53. The maximum Gasteiger partial charge on any atom is 0.387 e. The highest BCUT2D eigenvalue weighted by atomic mass is 28.3. The standard InChI is InChI=1S/C27H29F2N7O3Si/c1-40(2,3)10-9-38-16-36-24(20-11-17(19-12-18(19)13-30)5-6-23(20)39-27(28)29)22(15-33-36)34-26(37)21-14-32-35-8-4-7-31-25(21)35/h4-8,11,14-15,18-19,27H,9-10,12,16H2,1-3H3,(H,34,37).